The Labute approximate surface area is 78.2 Å². The number of imidazole rings is 1. The minimum Gasteiger partial charge on any atom is -0.333 e. The van der Waals surface area contributed by atoms with E-state index in [1.54, 1.807) is 6.20 Å². The highest BCUT2D eigenvalue weighted by Gasteiger charge is 2.11. The molecule has 2 aromatic rings. The number of aromatic nitrogens is 4. The Balaban J connectivity index is 2.57. The van der Waals surface area contributed by atoms with Crippen LogP contribution >= 0.6 is 23.3 Å². The second-order valence-electron chi connectivity index (χ2n) is 2.27. The van der Waals surface area contributed by atoms with Gasteiger partial charge in [0.2, 0.25) is 0 Å². The number of hydrogen-bond acceptors (Lipinski definition) is 4. The summed E-state index contributed by atoms with van der Waals surface area (Å²) in [6.07, 6.45) is 3.54. The molecule has 12 heavy (non-hydrogen) atoms. The Kier molecular flexibility index (Phi) is 1.82. The van der Waals surface area contributed by atoms with Crippen molar-refractivity contribution in [3.63, 3.8) is 0 Å². The van der Waals surface area contributed by atoms with E-state index in [1.807, 2.05) is 17.8 Å². The Bertz CT molecular complexity index is 355. The molecule has 6 heteroatoms. The minimum absolute atomic E-state index is 0.411. The molecule has 0 aliphatic carbocycles. The highest BCUT2D eigenvalue weighted by atomic mass is 35.5. The van der Waals surface area contributed by atoms with Gasteiger partial charge in [0.05, 0.1) is 11.7 Å². The minimum atomic E-state index is 0.411. The number of hydrogen-bond donors (Lipinski definition) is 0. The number of halogens is 1. The molecular formula is C6H5ClN4S. The van der Waals surface area contributed by atoms with Crippen molar-refractivity contribution in [2.24, 2.45) is 7.05 Å². The van der Waals surface area contributed by atoms with Gasteiger partial charge < -0.3 is 4.57 Å². The molecule has 0 aliphatic heterocycles. The van der Waals surface area contributed by atoms with Crippen LogP contribution in [0.15, 0.2) is 12.4 Å². The Morgan fingerprint density at radius 2 is 2.33 bits per heavy atom. The molecule has 0 fully saturated rings. The summed E-state index contributed by atoms with van der Waals surface area (Å²) in [5, 5.41) is 0.411. The predicted molar refractivity (Wildman–Crippen MR) is 47.1 cm³/mol. The highest BCUT2D eigenvalue weighted by molar-refractivity contribution is 6.99. The van der Waals surface area contributed by atoms with Gasteiger partial charge in [0.15, 0.2) is 16.7 Å². The number of nitrogens with zero attached hydrogens (tertiary/aromatic N) is 4. The van der Waals surface area contributed by atoms with Crippen molar-refractivity contribution in [2.45, 2.75) is 0 Å². The zero-order valence-electron chi connectivity index (χ0n) is 6.23. The average molecular weight is 201 g/mol. The lowest BCUT2D eigenvalue weighted by molar-refractivity contribution is 0.920. The van der Waals surface area contributed by atoms with Gasteiger partial charge in [-0.3, -0.25) is 0 Å². The van der Waals surface area contributed by atoms with Crippen LogP contribution < -0.4 is 0 Å². The summed E-state index contributed by atoms with van der Waals surface area (Å²) in [4.78, 5) is 4.10. The molecule has 0 aliphatic rings. The predicted octanol–water partition coefficient (Wildman–Crippen LogP) is 1.59. The lowest BCUT2D eigenvalue weighted by Crippen LogP contribution is -1.91. The van der Waals surface area contributed by atoms with Gasteiger partial charge in [-0.15, -0.1) is 0 Å². The van der Waals surface area contributed by atoms with Crippen molar-refractivity contribution in [1.29, 1.82) is 0 Å². The van der Waals surface area contributed by atoms with Crippen LogP contribution in [0.3, 0.4) is 0 Å². The van der Waals surface area contributed by atoms with Crippen molar-refractivity contribution in [1.82, 2.24) is 18.3 Å². The van der Waals surface area contributed by atoms with E-state index in [0.717, 1.165) is 17.6 Å². The first kappa shape index (κ1) is 7.70. The summed E-state index contributed by atoms with van der Waals surface area (Å²) in [6.45, 7) is 0. The molecule has 0 atom stereocenters. The molecule has 0 saturated heterocycles. The smallest absolute Gasteiger partial charge is 0.174 e. The molecule has 0 N–H and O–H groups in total. The van der Waals surface area contributed by atoms with Crippen LogP contribution in [0, 0.1) is 0 Å². The number of rotatable bonds is 1. The summed E-state index contributed by atoms with van der Waals surface area (Å²) in [5.41, 5.74) is 0.647. The summed E-state index contributed by atoms with van der Waals surface area (Å²) >= 11 is 6.87. The molecule has 0 aromatic carbocycles. The van der Waals surface area contributed by atoms with Gasteiger partial charge in [0, 0.05) is 19.4 Å². The van der Waals surface area contributed by atoms with E-state index in [2.05, 4.69) is 13.7 Å². The topological polar surface area (TPSA) is 43.6 Å². The molecule has 0 saturated carbocycles. The zero-order valence-corrected chi connectivity index (χ0v) is 7.80. The van der Waals surface area contributed by atoms with Crippen LogP contribution in [-0.2, 0) is 7.05 Å². The van der Waals surface area contributed by atoms with Gasteiger partial charge in [-0.05, 0) is 0 Å². The summed E-state index contributed by atoms with van der Waals surface area (Å²) in [5.74, 6) is 0.744. The van der Waals surface area contributed by atoms with Crippen molar-refractivity contribution in [2.75, 3.05) is 0 Å². The Hall–Kier alpha value is -0.940. The van der Waals surface area contributed by atoms with Crippen LogP contribution in [-0.4, -0.2) is 18.3 Å². The normalized spacial score (nSPS) is 10.5. The molecule has 0 amide bonds. The molecule has 0 unspecified atom stereocenters. The van der Waals surface area contributed by atoms with Gasteiger partial charge in [-0.2, -0.15) is 8.75 Å². The average Bonchev–Trinajstić information content (AvgIpc) is 2.59. The first-order valence-corrected chi connectivity index (χ1v) is 4.35. The summed E-state index contributed by atoms with van der Waals surface area (Å²) < 4.78 is 9.74. The van der Waals surface area contributed by atoms with E-state index >= 15 is 0 Å². The number of aryl methyl sites for hydroxylation is 1. The Morgan fingerprint density at radius 1 is 1.50 bits per heavy atom. The van der Waals surface area contributed by atoms with E-state index in [4.69, 9.17) is 11.6 Å². The zero-order chi connectivity index (χ0) is 8.55. The maximum absolute atomic E-state index is 5.79. The standard InChI is InChI=1S/C6H5ClN4S/c1-11-3-2-8-6(11)4-5(7)10-12-9-4/h2-3H,1H3. The van der Waals surface area contributed by atoms with Crippen LogP contribution in [0.5, 0.6) is 0 Å². The molecule has 4 nitrogen and oxygen atoms in total. The third-order valence-electron chi connectivity index (χ3n) is 1.48. The molecule has 2 rings (SSSR count). The molecule has 2 heterocycles. The quantitative estimate of drug-likeness (QED) is 0.702. The Morgan fingerprint density at radius 3 is 2.83 bits per heavy atom. The van der Waals surface area contributed by atoms with E-state index in [1.165, 1.54) is 0 Å². The fourth-order valence-electron chi connectivity index (χ4n) is 0.905. The SMILES string of the molecule is Cn1ccnc1-c1nsnc1Cl. The second-order valence-corrected chi connectivity index (χ2v) is 3.15. The van der Waals surface area contributed by atoms with Crippen LogP contribution in [0.2, 0.25) is 5.15 Å². The molecule has 0 bridgehead atoms. The van der Waals surface area contributed by atoms with Crippen molar-refractivity contribution < 1.29 is 0 Å². The maximum Gasteiger partial charge on any atom is 0.174 e. The fraction of sp³-hybridized carbons (Fsp3) is 0.167. The summed E-state index contributed by atoms with van der Waals surface area (Å²) in [7, 11) is 1.89. The monoisotopic (exact) mass is 200 g/mol. The van der Waals surface area contributed by atoms with Crippen LogP contribution in [0.1, 0.15) is 0 Å². The molecule has 2 aromatic heterocycles. The molecule has 62 valence electrons. The van der Waals surface area contributed by atoms with Gasteiger partial charge in [-0.1, -0.05) is 11.6 Å². The van der Waals surface area contributed by atoms with Gasteiger partial charge in [-0.25, -0.2) is 4.98 Å². The lowest BCUT2D eigenvalue weighted by atomic mass is 10.4. The second kappa shape index (κ2) is 2.84. The summed E-state index contributed by atoms with van der Waals surface area (Å²) in [6, 6.07) is 0. The first-order chi connectivity index (χ1) is 5.79. The van der Waals surface area contributed by atoms with Gasteiger partial charge in [0.25, 0.3) is 0 Å². The first-order valence-electron chi connectivity index (χ1n) is 3.25. The van der Waals surface area contributed by atoms with Crippen molar-refractivity contribution in [3.05, 3.63) is 17.5 Å². The van der Waals surface area contributed by atoms with E-state index in [-0.39, 0.29) is 0 Å². The highest BCUT2D eigenvalue weighted by Crippen LogP contribution is 2.22. The van der Waals surface area contributed by atoms with Crippen LogP contribution in [0.4, 0.5) is 0 Å². The van der Waals surface area contributed by atoms with Gasteiger partial charge >= 0.3 is 0 Å². The fourth-order valence-corrected chi connectivity index (χ4v) is 1.62. The van der Waals surface area contributed by atoms with E-state index < -0.39 is 0 Å². The van der Waals surface area contributed by atoms with Crippen molar-refractivity contribution >= 4 is 23.3 Å². The lowest BCUT2D eigenvalue weighted by Gasteiger charge is -1.95. The maximum atomic E-state index is 5.79. The molecule has 0 spiro atoms. The molecular weight excluding hydrogens is 196 g/mol. The largest absolute Gasteiger partial charge is 0.333 e. The third-order valence-corrected chi connectivity index (χ3v) is 2.37. The third kappa shape index (κ3) is 1.11. The molecule has 0 radical (unpaired) electrons. The van der Waals surface area contributed by atoms with Crippen LogP contribution in [0.25, 0.3) is 11.5 Å². The van der Waals surface area contributed by atoms with E-state index in [9.17, 15) is 0 Å². The van der Waals surface area contributed by atoms with Crippen molar-refractivity contribution in [3.8, 4) is 11.5 Å². The van der Waals surface area contributed by atoms with Gasteiger partial charge in [0.1, 0.15) is 0 Å². The van der Waals surface area contributed by atoms with E-state index in [0.29, 0.717) is 10.8 Å².